The van der Waals surface area contributed by atoms with Crippen molar-refractivity contribution in [3.8, 4) is 0 Å². The molecule has 0 fully saturated rings. The maximum Gasteiger partial charge on any atom is 0.141 e. The summed E-state index contributed by atoms with van der Waals surface area (Å²) in [5.41, 5.74) is 1.91. The van der Waals surface area contributed by atoms with Gasteiger partial charge in [-0.25, -0.2) is 0 Å². The molecule has 4 aromatic carbocycles. The van der Waals surface area contributed by atoms with Crippen molar-refractivity contribution < 1.29 is 8.83 Å². The Morgan fingerprint density at radius 2 is 0.750 bits per heavy atom. The van der Waals surface area contributed by atoms with Crippen molar-refractivity contribution in [2.75, 3.05) is 0 Å². The predicted octanol–water partition coefficient (Wildman–Crippen LogP) is 6.64. The smallest absolute Gasteiger partial charge is 0.141 e. The van der Waals surface area contributed by atoms with E-state index in [1.165, 1.54) is 21.5 Å². The zero-order chi connectivity index (χ0) is 15.7. The summed E-state index contributed by atoms with van der Waals surface area (Å²) in [4.78, 5) is 0. The van der Waals surface area contributed by atoms with Crippen molar-refractivity contribution in [1.29, 1.82) is 0 Å². The second-order valence-electron chi connectivity index (χ2n) is 6.23. The first-order chi connectivity index (χ1) is 11.9. The highest BCUT2D eigenvalue weighted by Crippen LogP contribution is 2.37. The fourth-order valence-corrected chi connectivity index (χ4v) is 3.89. The lowest BCUT2D eigenvalue weighted by atomic mass is 9.96. The van der Waals surface area contributed by atoms with Crippen LogP contribution in [0.1, 0.15) is 0 Å². The summed E-state index contributed by atoms with van der Waals surface area (Å²) in [7, 11) is 0. The fraction of sp³-hybridized carbons (Fsp3) is 0. The van der Waals surface area contributed by atoms with Crippen LogP contribution in [0.4, 0.5) is 0 Å². The van der Waals surface area contributed by atoms with Gasteiger partial charge in [0.15, 0.2) is 0 Å². The predicted molar refractivity (Wildman–Crippen MR) is 98.5 cm³/mol. The normalized spacial score (nSPS) is 12.2. The Kier molecular flexibility index (Phi) is 2.12. The molecule has 24 heavy (non-hydrogen) atoms. The van der Waals surface area contributed by atoms with Crippen molar-refractivity contribution in [2.24, 2.45) is 0 Å². The zero-order valence-corrected chi connectivity index (χ0v) is 12.7. The molecule has 0 unspecified atom stereocenters. The molecule has 0 bridgehead atoms. The van der Waals surface area contributed by atoms with E-state index in [-0.39, 0.29) is 0 Å². The molecule has 0 aliphatic rings. The summed E-state index contributed by atoms with van der Waals surface area (Å²) in [5, 5.41) is 9.51. The van der Waals surface area contributed by atoms with Crippen LogP contribution in [0.3, 0.4) is 0 Å². The highest BCUT2D eigenvalue weighted by Gasteiger charge is 2.11. The summed E-state index contributed by atoms with van der Waals surface area (Å²) in [6.45, 7) is 0. The van der Waals surface area contributed by atoms with Gasteiger partial charge in [-0.15, -0.1) is 0 Å². The number of hydrogen-bond donors (Lipinski definition) is 0. The molecule has 6 aromatic rings. The Hall–Kier alpha value is -3.26. The first-order valence-corrected chi connectivity index (χ1v) is 8.02. The molecule has 0 N–H and O–H groups in total. The SMILES string of the molecule is c1cc2ccc3c4ccc5c(ccc6ccoc65)c4ccc3c2o1. The Morgan fingerprint density at radius 3 is 1.25 bits per heavy atom. The zero-order valence-electron chi connectivity index (χ0n) is 12.7. The molecule has 0 spiro atoms. The average Bonchev–Trinajstić information content (AvgIpc) is 3.29. The minimum atomic E-state index is 0.955. The summed E-state index contributed by atoms with van der Waals surface area (Å²) in [6.07, 6.45) is 3.50. The molecule has 2 nitrogen and oxygen atoms in total. The fourth-order valence-electron chi connectivity index (χ4n) is 3.89. The molecule has 0 radical (unpaired) electrons. The van der Waals surface area contributed by atoms with Gasteiger partial charge < -0.3 is 8.83 Å². The third-order valence-electron chi connectivity index (χ3n) is 5.02. The van der Waals surface area contributed by atoms with Gasteiger partial charge in [0.2, 0.25) is 0 Å². The van der Waals surface area contributed by atoms with Crippen LogP contribution in [-0.2, 0) is 0 Å². The lowest BCUT2D eigenvalue weighted by Crippen LogP contribution is -1.82. The summed E-state index contributed by atoms with van der Waals surface area (Å²) in [5.74, 6) is 0. The number of benzene rings is 4. The third kappa shape index (κ3) is 1.41. The van der Waals surface area contributed by atoms with Crippen molar-refractivity contribution in [3.05, 3.63) is 73.2 Å². The van der Waals surface area contributed by atoms with Crippen molar-refractivity contribution in [3.63, 3.8) is 0 Å². The van der Waals surface area contributed by atoms with E-state index in [4.69, 9.17) is 8.83 Å². The van der Waals surface area contributed by atoms with Crippen LogP contribution >= 0.6 is 0 Å². The molecular weight excluding hydrogens is 296 g/mol. The highest BCUT2D eigenvalue weighted by molar-refractivity contribution is 6.23. The lowest BCUT2D eigenvalue weighted by Gasteiger charge is -2.08. The summed E-state index contributed by atoms with van der Waals surface area (Å²) >= 11 is 0. The number of hydrogen-bond acceptors (Lipinski definition) is 2. The van der Waals surface area contributed by atoms with Gasteiger partial charge in [-0.1, -0.05) is 36.4 Å². The van der Waals surface area contributed by atoms with E-state index in [1.54, 1.807) is 12.5 Å². The molecule has 0 aliphatic heterocycles. The minimum Gasteiger partial charge on any atom is -0.464 e. The Balaban J connectivity index is 1.86. The van der Waals surface area contributed by atoms with Crippen LogP contribution in [0.25, 0.3) is 54.3 Å². The van der Waals surface area contributed by atoms with Gasteiger partial charge in [-0.3, -0.25) is 0 Å². The van der Waals surface area contributed by atoms with E-state index in [0.29, 0.717) is 0 Å². The molecular formula is C22H12O2. The van der Waals surface area contributed by atoms with Gasteiger partial charge in [-0.05, 0) is 45.8 Å². The first-order valence-electron chi connectivity index (χ1n) is 8.02. The maximum absolute atomic E-state index is 5.70. The molecule has 2 aromatic heterocycles. The Bertz CT molecular complexity index is 1290. The van der Waals surface area contributed by atoms with Gasteiger partial charge in [0.25, 0.3) is 0 Å². The highest BCUT2D eigenvalue weighted by atomic mass is 16.3. The number of rotatable bonds is 0. The topological polar surface area (TPSA) is 26.3 Å². The quantitative estimate of drug-likeness (QED) is 0.294. The van der Waals surface area contributed by atoms with E-state index in [0.717, 1.165) is 32.7 Å². The molecule has 0 atom stereocenters. The second kappa shape index (κ2) is 4.18. The van der Waals surface area contributed by atoms with Crippen molar-refractivity contribution >= 4 is 54.3 Å². The molecule has 0 saturated carbocycles. The standard InChI is InChI=1S/C22H12O2/c1-3-17-15-5-8-20-18(4-2-14-10-12-24-22(14)20)16(15)6-7-19(17)21-13(1)9-11-23-21/h1-12H. The molecule has 2 heteroatoms. The van der Waals surface area contributed by atoms with Crippen LogP contribution in [0.5, 0.6) is 0 Å². The molecule has 0 aliphatic carbocycles. The molecule has 0 saturated heterocycles. The van der Waals surface area contributed by atoms with E-state index >= 15 is 0 Å². The van der Waals surface area contributed by atoms with E-state index in [2.05, 4.69) is 48.5 Å². The number of fused-ring (bicyclic) bond motifs is 9. The van der Waals surface area contributed by atoms with Crippen LogP contribution in [0.2, 0.25) is 0 Å². The van der Waals surface area contributed by atoms with Crippen molar-refractivity contribution in [2.45, 2.75) is 0 Å². The molecule has 2 heterocycles. The first kappa shape index (κ1) is 12.2. The van der Waals surface area contributed by atoms with E-state index in [1.807, 2.05) is 12.1 Å². The van der Waals surface area contributed by atoms with Crippen LogP contribution in [0.15, 0.2) is 82.0 Å². The van der Waals surface area contributed by atoms with Gasteiger partial charge in [0, 0.05) is 21.5 Å². The lowest BCUT2D eigenvalue weighted by molar-refractivity contribution is 0.619. The summed E-state index contributed by atoms with van der Waals surface area (Å²) < 4.78 is 11.4. The van der Waals surface area contributed by atoms with Crippen LogP contribution in [0, 0.1) is 0 Å². The Labute approximate surface area is 136 Å². The third-order valence-corrected chi connectivity index (χ3v) is 5.02. The number of furan rings is 2. The molecule has 112 valence electrons. The van der Waals surface area contributed by atoms with E-state index in [9.17, 15) is 0 Å². The van der Waals surface area contributed by atoms with Crippen molar-refractivity contribution in [1.82, 2.24) is 0 Å². The van der Waals surface area contributed by atoms with Gasteiger partial charge >= 0.3 is 0 Å². The maximum atomic E-state index is 5.70. The minimum absolute atomic E-state index is 0.955. The average molecular weight is 308 g/mol. The van der Waals surface area contributed by atoms with Gasteiger partial charge in [-0.2, -0.15) is 0 Å². The second-order valence-corrected chi connectivity index (χ2v) is 6.23. The van der Waals surface area contributed by atoms with E-state index < -0.39 is 0 Å². The van der Waals surface area contributed by atoms with Gasteiger partial charge in [0.1, 0.15) is 11.2 Å². The monoisotopic (exact) mass is 308 g/mol. The largest absolute Gasteiger partial charge is 0.464 e. The Morgan fingerprint density at radius 1 is 0.375 bits per heavy atom. The molecule has 0 amide bonds. The van der Waals surface area contributed by atoms with Crippen LogP contribution in [-0.4, -0.2) is 0 Å². The van der Waals surface area contributed by atoms with Crippen LogP contribution < -0.4 is 0 Å². The van der Waals surface area contributed by atoms with Gasteiger partial charge in [0.05, 0.1) is 12.5 Å². The molecule has 6 rings (SSSR count). The summed E-state index contributed by atoms with van der Waals surface area (Å²) in [6, 6.07) is 21.3.